The number of aromatic nitrogens is 1. The fourth-order valence-corrected chi connectivity index (χ4v) is 12.4. The lowest BCUT2D eigenvalue weighted by Gasteiger charge is -2.47. The van der Waals surface area contributed by atoms with Gasteiger partial charge in [0.2, 0.25) is 29.5 Å². The van der Waals surface area contributed by atoms with E-state index < -0.39 is 71.8 Å². The molecule has 7 rings (SSSR count). The molecular formula is C54H74N10O10S2. The molecule has 0 bridgehead atoms. The Hall–Kier alpha value is -5.97. The van der Waals surface area contributed by atoms with E-state index in [4.69, 9.17) is 15.3 Å². The number of rotatable bonds is 25. The number of esters is 1. The average Bonchev–Trinajstić information content (AvgIpc) is 3.96. The average molecular weight is 1090 g/mol. The third kappa shape index (κ3) is 16.8. The standard InChI is InChI=1S/C54H74N10O10S2/c1-54(2,3)62-51(70)42-26-34-16-7-8-17-35(34)28-64(42)29-43(74-52(71)40(30-75)57-46(66)23-24-73-63-47(67)20-12-11-19-44-48-41(31-76-44)60-53(72)61-48)38(25-32-13-5-4-6-14-32)58-50(69)39(27-45(55)65)59-49(68)37-22-21-33-15-9-10-18-36(33)56-37/h4-6,9-10,13-15,18,21-22,34-35,38-44,48,75H,7-8,11-12,16-17,19-20,23-31H2,1-3H3,(H2,55,65)(H,57,66)(H,58,69)(H,59,68)(H,62,70)(H,63,67)(H2,60,61,72)/t34-,35+,38-,39-,40?,41?,42-,43+,44?,48?/m0/s1. The summed E-state index contributed by atoms with van der Waals surface area (Å²) < 4.78 is 6.43. The fraction of sp³-hybridized carbons (Fsp3) is 0.574. The molecule has 1 saturated carbocycles. The SMILES string of the molecule is CC(C)(C)NC(=O)[C@@H]1C[C@@H]2CCCC[C@@H]2CN1C[C@@H](OC(=O)C(CS)NC(=O)CCONC(=O)CCCCC1SCC2NC(=O)NC21)[C@H](Cc1ccccc1)NC(=O)[C@H](CC(N)=O)NC(=O)c1ccc2ccccc2n1. The molecular weight excluding hydrogens is 1010 g/mol. The Balaban J connectivity index is 1.06. The van der Waals surface area contributed by atoms with Crippen LogP contribution in [0, 0.1) is 11.8 Å². The molecule has 76 heavy (non-hydrogen) atoms. The molecule has 20 nitrogen and oxygen atoms in total. The number of carbonyl (C=O) groups is 8. The van der Waals surface area contributed by atoms with E-state index in [1.807, 2.05) is 79.9 Å². The van der Waals surface area contributed by atoms with Crippen molar-refractivity contribution in [3.63, 3.8) is 0 Å². The third-order valence-electron chi connectivity index (χ3n) is 14.4. The molecule has 4 heterocycles. The van der Waals surface area contributed by atoms with Gasteiger partial charge in [-0.15, -0.1) is 0 Å². The van der Waals surface area contributed by atoms with Gasteiger partial charge in [0.1, 0.15) is 23.9 Å². The summed E-state index contributed by atoms with van der Waals surface area (Å²) in [6, 6.07) is 15.3. The lowest BCUT2D eigenvalue weighted by Crippen LogP contribution is -2.62. The second-order valence-corrected chi connectivity index (χ2v) is 23.0. The number of ether oxygens (including phenoxy) is 1. The van der Waals surface area contributed by atoms with E-state index in [-0.39, 0.29) is 85.0 Å². The number of pyridine rings is 1. The zero-order valence-electron chi connectivity index (χ0n) is 43.6. The summed E-state index contributed by atoms with van der Waals surface area (Å²) in [5.74, 6) is -3.06. The van der Waals surface area contributed by atoms with Crippen LogP contribution in [0.15, 0.2) is 66.7 Å². The molecule has 4 unspecified atom stereocenters. The first-order chi connectivity index (χ1) is 36.4. The number of para-hydroxylation sites is 1. The van der Waals surface area contributed by atoms with Gasteiger partial charge < -0.3 is 42.4 Å². The maximum atomic E-state index is 14.6. The number of primary amides is 1. The van der Waals surface area contributed by atoms with Gasteiger partial charge in [-0.1, -0.05) is 80.3 Å². The Morgan fingerprint density at radius 3 is 2.38 bits per heavy atom. The van der Waals surface area contributed by atoms with Crippen LogP contribution in [0.5, 0.6) is 0 Å². The maximum Gasteiger partial charge on any atom is 0.329 e. The van der Waals surface area contributed by atoms with E-state index in [2.05, 4.69) is 55.0 Å². The molecule has 3 saturated heterocycles. The van der Waals surface area contributed by atoms with Crippen LogP contribution in [0.4, 0.5) is 4.79 Å². The van der Waals surface area contributed by atoms with Crippen LogP contribution in [0.2, 0.25) is 0 Å². The van der Waals surface area contributed by atoms with Crippen molar-refractivity contribution >= 4 is 82.7 Å². The number of fused-ring (bicyclic) bond motifs is 3. The highest BCUT2D eigenvalue weighted by Crippen LogP contribution is 2.39. The Morgan fingerprint density at radius 1 is 0.882 bits per heavy atom. The van der Waals surface area contributed by atoms with Crippen molar-refractivity contribution in [1.82, 2.24) is 47.3 Å². The number of nitrogens with one attached hydrogen (secondary N) is 7. The van der Waals surface area contributed by atoms with E-state index >= 15 is 0 Å². The molecule has 8 amide bonds. The molecule has 4 aliphatic rings. The summed E-state index contributed by atoms with van der Waals surface area (Å²) in [6.07, 6.45) is 5.27. The van der Waals surface area contributed by atoms with Crippen LogP contribution in [-0.2, 0) is 44.8 Å². The van der Waals surface area contributed by atoms with Crippen molar-refractivity contribution in [3.05, 3.63) is 78.0 Å². The first-order valence-corrected chi connectivity index (χ1v) is 28.2. The van der Waals surface area contributed by atoms with Gasteiger partial charge in [0, 0.05) is 47.2 Å². The number of hydroxylamine groups is 1. The highest BCUT2D eigenvalue weighted by molar-refractivity contribution is 8.00. The molecule has 9 N–H and O–H groups in total. The molecule has 10 atom stereocenters. The minimum Gasteiger partial charge on any atom is -0.457 e. The van der Waals surface area contributed by atoms with Gasteiger partial charge in [0.15, 0.2) is 0 Å². The van der Waals surface area contributed by atoms with Gasteiger partial charge in [-0.05, 0) is 82.4 Å². The van der Waals surface area contributed by atoms with Crippen molar-refractivity contribution in [1.29, 1.82) is 0 Å². The van der Waals surface area contributed by atoms with Crippen LogP contribution in [0.1, 0.15) is 107 Å². The van der Waals surface area contributed by atoms with Crippen molar-refractivity contribution in [3.8, 4) is 0 Å². The molecule has 3 aliphatic heterocycles. The van der Waals surface area contributed by atoms with E-state index in [0.29, 0.717) is 30.8 Å². The second kappa shape index (κ2) is 27.4. The highest BCUT2D eigenvalue weighted by atomic mass is 32.2. The van der Waals surface area contributed by atoms with Crippen molar-refractivity contribution in [2.45, 2.75) is 151 Å². The van der Waals surface area contributed by atoms with Crippen LogP contribution in [0.3, 0.4) is 0 Å². The largest absolute Gasteiger partial charge is 0.457 e. The molecule has 0 radical (unpaired) electrons. The van der Waals surface area contributed by atoms with Crippen LogP contribution >= 0.6 is 24.4 Å². The number of carbonyl (C=O) groups excluding carboxylic acids is 8. The number of hydrogen-bond acceptors (Lipinski definition) is 14. The molecule has 1 aliphatic carbocycles. The van der Waals surface area contributed by atoms with Gasteiger partial charge in [-0.2, -0.15) is 24.4 Å². The molecule has 2 aromatic carbocycles. The Morgan fingerprint density at radius 2 is 1.63 bits per heavy atom. The third-order valence-corrected chi connectivity index (χ3v) is 16.3. The van der Waals surface area contributed by atoms with Gasteiger partial charge in [0.25, 0.3) is 5.91 Å². The van der Waals surface area contributed by atoms with Gasteiger partial charge in [-0.3, -0.25) is 38.5 Å². The number of nitrogens with two attached hydrogens (primary N) is 1. The summed E-state index contributed by atoms with van der Waals surface area (Å²) in [4.78, 5) is 119. The predicted octanol–water partition coefficient (Wildman–Crippen LogP) is 3.22. The highest BCUT2D eigenvalue weighted by Gasteiger charge is 2.45. The smallest absolute Gasteiger partial charge is 0.329 e. The number of unbranched alkanes of at least 4 members (excludes halogenated alkanes) is 1. The van der Waals surface area contributed by atoms with Gasteiger partial charge in [-0.25, -0.2) is 20.1 Å². The summed E-state index contributed by atoms with van der Waals surface area (Å²) in [5.41, 5.74) is 8.82. The minimum absolute atomic E-state index is 0.00901. The van der Waals surface area contributed by atoms with E-state index in [1.54, 1.807) is 18.2 Å². The van der Waals surface area contributed by atoms with Crippen LogP contribution in [-0.4, -0.2) is 142 Å². The predicted molar refractivity (Wildman–Crippen MR) is 291 cm³/mol. The number of piperidine rings is 1. The summed E-state index contributed by atoms with van der Waals surface area (Å²) in [6.45, 7) is 6.05. The fourth-order valence-electron chi connectivity index (χ4n) is 10.6. The van der Waals surface area contributed by atoms with Crippen LogP contribution < -0.4 is 43.1 Å². The molecule has 1 aromatic heterocycles. The van der Waals surface area contributed by atoms with Crippen LogP contribution in [0.25, 0.3) is 10.9 Å². The minimum atomic E-state index is -1.47. The zero-order valence-corrected chi connectivity index (χ0v) is 45.3. The maximum absolute atomic E-state index is 14.6. The van der Waals surface area contributed by atoms with Gasteiger partial charge >= 0.3 is 12.0 Å². The Bertz CT molecular complexity index is 2540. The summed E-state index contributed by atoms with van der Waals surface area (Å²) in [5, 5.41) is 18.5. The first kappa shape index (κ1) is 57.7. The van der Waals surface area contributed by atoms with E-state index in [1.165, 1.54) is 6.07 Å². The number of thioether (sulfide) groups is 1. The van der Waals surface area contributed by atoms with E-state index in [0.717, 1.165) is 55.2 Å². The molecule has 412 valence electrons. The van der Waals surface area contributed by atoms with E-state index in [9.17, 15) is 38.4 Å². The normalized spacial score (nSPS) is 22.8. The Labute approximate surface area is 453 Å². The lowest BCUT2D eigenvalue weighted by atomic mass is 9.72. The Kier molecular flexibility index (Phi) is 20.8. The van der Waals surface area contributed by atoms with Crippen molar-refractivity contribution in [2.24, 2.45) is 17.6 Å². The number of nitrogens with zero attached hydrogens (tertiary/aromatic N) is 2. The summed E-state index contributed by atoms with van der Waals surface area (Å²) in [7, 11) is 0. The first-order valence-electron chi connectivity index (χ1n) is 26.5. The monoisotopic (exact) mass is 1090 g/mol. The second-order valence-electron chi connectivity index (χ2n) is 21.4. The molecule has 22 heteroatoms. The number of amides is 8. The lowest BCUT2D eigenvalue weighted by molar-refractivity contribution is -0.157. The van der Waals surface area contributed by atoms with Crippen molar-refractivity contribution < 1.29 is 47.9 Å². The molecule has 4 fully saturated rings. The number of urea groups is 1. The molecule has 3 aromatic rings. The zero-order chi connectivity index (χ0) is 54.4. The topological polar surface area (TPSA) is 281 Å². The van der Waals surface area contributed by atoms with Crippen molar-refractivity contribution in [2.75, 3.05) is 31.2 Å². The number of thiol groups is 1. The quantitative estimate of drug-likeness (QED) is 0.0194. The molecule has 0 spiro atoms. The number of likely N-dealkylation sites (tertiary alicyclic amines) is 1. The summed E-state index contributed by atoms with van der Waals surface area (Å²) >= 11 is 6.23. The number of hydrogen-bond donors (Lipinski definition) is 9. The number of benzene rings is 2. The van der Waals surface area contributed by atoms with Gasteiger partial charge in [0.05, 0.1) is 49.1 Å².